The third kappa shape index (κ3) is 6.94. The van der Waals surface area contributed by atoms with Crippen LogP contribution in [0.15, 0.2) is 104 Å². The SMILES string of the molecule is Cc1cc(-c2[c-]cc(C(F)(F)F)cc2)ncc1-c1cccnc1.[Ir].[c-]1ccccc1-c1ccccn1. The molecule has 0 aliphatic rings. The zero-order valence-corrected chi connectivity index (χ0v) is 21.5. The maximum Gasteiger partial charge on any atom is 0.381 e. The number of alkyl halides is 3. The molecule has 0 bridgehead atoms. The fourth-order valence-electron chi connectivity index (χ4n) is 3.36. The average Bonchev–Trinajstić information content (AvgIpc) is 2.90. The average molecular weight is 660 g/mol. The molecule has 0 fully saturated rings. The first-order valence-electron chi connectivity index (χ1n) is 10.8. The largest absolute Gasteiger partial charge is 0.381 e. The summed E-state index contributed by atoms with van der Waals surface area (Å²) in [6, 6.07) is 28.4. The van der Waals surface area contributed by atoms with Crippen molar-refractivity contribution in [3.05, 3.63) is 127 Å². The Balaban J connectivity index is 0.000000234. The Morgan fingerprint density at radius 1 is 0.750 bits per heavy atom. The quantitative estimate of drug-likeness (QED) is 0.189. The first kappa shape index (κ1) is 26.9. The molecule has 5 rings (SSSR count). The van der Waals surface area contributed by atoms with Crippen molar-refractivity contribution in [3.8, 4) is 33.6 Å². The molecule has 2 aromatic carbocycles. The standard InChI is InChI=1S/C18H12F3N2.C11H8N.Ir/c1-12-9-17(13-4-6-15(7-5-13)18(19,20)21)23-11-16(12)14-3-2-8-22-10-14;1-2-6-10(7-3-1)11-8-4-5-9-12-11;/h2-4,6-11H,1H3;1-6,8-9H;/q2*-1;. The summed E-state index contributed by atoms with van der Waals surface area (Å²) in [5.74, 6) is 0. The summed E-state index contributed by atoms with van der Waals surface area (Å²) in [5, 5.41) is 0. The number of aryl methyl sites for hydroxylation is 1. The molecule has 0 N–H and O–H groups in total. The maximum absolute atomic E-state index is 12.6. The molecule has 1 radical (unpaired) electrons. The minimum Gasteiger partial charge on any atom is -0.305 e. The van der Waals surface area contributed by atoms with Crippen molar-refractivity contribution >= 4 is 0 Å². The van der Waals surface area contributed by atoms with Gasteiger partial charge in [0.15, 0.2) is 0 Å². The van der Waals surface area contributed by atoms with Crippen LogP contribution in [0.25, 0.3) is 33.6 Å². The summed E-state index contributed by atoms with van der Waals surface area (Å²) in [7, 11) is 0. The van der Waals surface area contributed by atoms with Gasteiger partial charge in [0.25, 0.3) is 0 Å². The van der Waals surface area contributed by atoms with Gasteiger partial charge in [0.2, 0.25) is 0 Å². The third-order valence-corrected chi connectivity index (χ3v) is 5.15. The van der Waals surface area contributed by atoms with E-state index in [9.17, 15) is 13.2 Å². The Morgan fingerprint density at radius 2 is 1.56 bits per heavy atom. The van der Waals surface area contributed by atoms with E-state index in [1.807, 2.05) is 67.6 Å². The first-order valence-corrected chi connectivity index (χ1v) is 10.8. The zero-order valence-electron chi connectivity index (χ0n) is 19.1. The minimum absolute atomic E-state index is 0. The van der Waals surface area contributed by atoms with E-state index in [1.165, 1.54) is 6.07 Å². The molecule has 7 heteroatoms. The van der Waals surface area contributed by atoms with Gasteiger partial charge < -0.3 is 9.97 Å². The minimum atomic E-state index is -4.36. The Labute approximate surface area is 221 Å². The second kappa shape index (κ2) is 12.3. The van der Waals surface area contributed by atoms with Crippen molar-refractivity contribution in [2.24, 2.45) is 0 Å². The van der Waals surface area contributed by atoms with Crippen LogP contribution < -0.4 is 0 Å². The third-order valence-electron chi connectivity index (χ3n) is 5.15. The van der Waals surface area contributed by atoms with E-state index in [2.05, 4.69) is 27.1 Å². The summed E-state index contributed by atoms with van der Waals surface area (Å²) >= 11 is 0. The predicted octanol–water partition coefficient (Wildman–Crippen LogP) is 7.48. The summed E-state index contributed by atoms with van der Waals surface area (Å²) in [4.78, 5) is 12.6. The smallest absolute Gasteiger partial charge is 0.305 e. The van der Waals surface area contributed by atoms with Gasteiger partial charge in [-0.15, -0.1) is 65.7 Å². The Morgan fingerprint density at radius 3 is 2.14 bits per heavy atom. The van der Waals surface area contributed by atoms with E-state index < -0.39 is 11.7 Å². The van der Waals surface area contributed by atoms with Crippen molar-refractivity contribution in [2.75, 3.05) is 0 Å². The van der Waals surface area contributed by atoms with Crippen LogP contribution in [0, 0.1) is 19.1 Å². The molecule has 0 atom stereocenters. The maximum atomic E-state index is 12.6. The number of benzene rings is 2. The van der Waals surface area contributed by atoms with Crippen LogP contribution in [-0.2, 0) is 26.3 Å². The molecule has 0 saturated heterocycles. The number of hydrogen-bond acceptors (Lipinski definition) is 3. The molecule has 0 saturated carbocycles. The number of rotatable bonds is 3. The van der Waals surface area contributed by atoms with Crippen LogP contribution in [0.4, 0.5) is 13.2 Å². The van der Waals surface area contributed by atoms with Crippen molar-refractivity contribution < 1.29 is 33.3 Å². The molecule has 0 aliphatic carbocycles. The van der Waals surface area contributed by atoms with Crippen LogP contribution in [0.1, 0.15) is 11.1 Å². The van der Waals surface area contributed by atoms with Crippen LogP contribution >= 0.6 is 0 Å². The van der Waals surface area contributed by atoms with Crippen molar-refractivity contribution in [1.29, 1.82) is 0 Å². The summed E-state index contributed by atoms with van der Waals surface area (Å²) in [5.41, 5.74) is 5.26. The van der Waals surface area contributed by atoms with Gasteiger partial charge in [-0.2, -0.15) is 13.2 Å². The molecular formula is C29H20F3IrN3-2. The Bertz CT molecular complexity index is 1320. The second-order valence-corrected chi connectivity index (χ2v) is 7.61. The van der Waals surface area contributed by atoms with Crippen LogP contribution in [0.5, 0.6) is 0 Å². The first-order chi connectivity index (χ1) is 16.9. The van der Waals surface area contributed by atoms with E-state index in [0.717, 1.165) is 40.1 Å². The number of nitrogens with zero attached hydrogens (tertiary/aromatic N) is 3. The van der Waals surface area contributed by atoms with Gasteiger partial charge in [-0.25, -0.2) is 0 Å². The summed E-state index contributed by atoms with van der Waals surface area (Å²) < 4.78 is 37.8. The zero-order chi connectivity index (χ0) is 24.7. The molecule has 3 heterocycles. The molecule has 5 aromatic rings. The van der Waals surface area contributed by atoms with Gasteiger partial charge in [0.1, 0.15) is 0 Å². The number of aromatic nitrogens is 3. The molecule has 0 aliphatic heterocycles. The Hall–Kier alpha value is -3.67. The summed E-state index contributed by atoms with van der Waals surface area (Å²) in [6.07, 6.45) is 2.57. The monoisotopic (exact) mass is 660 g/mol. The predicted molar refractivity (Wildman–Crippen MR) is 130 cm³/mol. The van der Waals surface area contributed by atoms with Gasteiger partial charge in [0, 0.05) is 56.0 Å². The van der Waals surface area contributed by atoms with Crippen molar-refractivity contribution in [3.63, 3.8) is 0 Å². The van der Waals surface area contributed by atoms with E-state index in [-0.39, 0.29) is 20.1 Å². The molecule has 0 unspecified atom stereocenters. The molecule has 0 spiro atoms. The van der Waals surface area contributed by atoms with E-state index in [4.69, 9.17) is 0 Å². The van der Waals surface area contributed by atoms with Crippen LogP contribution in [-0.4, -0.2) is 15.0 Å². The number of pyridine rings is 3. The number of hydrogen-bond donors (Lipinski definition) is 0. The fourth-order valence-corrected chi connectivity index (χ4v) is 3.36. The molecule has 3 nitrogen and oxygen atoms in total. The van der Waals surface area contributed by atoms with Gasteiger partial charge >= 0.3 is 6.18 Å². The van der Waals surface area contributed by atoms with E-state index in [1.54, 1.807) is 24.8 Å². The van der Waals surface area contributed by atoms with Gasteiger partial charge in [-0.3, -0.25) is 4.98 Å². The van der Waals surface area contributed by atoms with Crippen molar-refractivity contribution in [2.45, 2.75) is 13.1 Å². The fraction of sp³-hybridized carbons (Fsp3) is 0.0690. The molecule has 183 valence electrons. The normalized spacial score (nSPS) is 10.6. The van der Waals surface area contributed by atoms with Crippen LogP contribution in [0.2, 0.25) is 0 Å². The summed E-state index contributed by atoms with van der Waals surface area (Å²) in [6.45, 7) is 1.93. The Kier molecular flexibility index (Phi) is 9.23. The second-order valence-electron chi connectivity index (χ2n) is 7.61. The van der Waals surface area contributed by atoms with Gasteiger partial charge in [0.05, 0.1) is 0 Å². The van der Waals surface area contributed by atoms with E-state index in [0.29, 0.717) is 11.3 Å². The molecule has 3 aromatic heterocycles. The van der Waals surface area contributed by atoms with Crippen molar-refractivity contribution in [1.82, 2.24) is 15.0 Å². The van der Waals surface area contributed by atoms with Crippen LogP contribution in [0.3, 0.4) is 0 Å². The van der Waals surface area contributed by atoms with Gasteiger partial charge in [-0.1, -0.05) is 24.3 Å². The van der Waals surface area contributed by atoms with Gasteiger partial charge in [-0.05, 0) is 41.6 Å². The number of halogens is 3. The topological polar surface area (TPSA) is 38.7 Å². The molecule has 0 amide bonds. The molecule has 36 heavy (non-hydrogen) atoms. The molecular weight excluding hydrogens is 640 g/mol. The van der Waals surface area contributed by atoms with E-state index >= 15 is 0 Å².